The summed E-state index contributed by atoms with van der Waals surface area (Å²) in [7, 11) is 2.37. The molecule has 0 N–H and O–H groups in total. The Morgan fingerprint density at radius 3 is 2.53 bits per heavy atom. The molecule has 0 aliphatic rings. The van der Waals surface area contributed by atoms with Crippen LogP contribution in [-0.4, -0.2) is 21.5 Å². The van der Waals surface area contributed by atoms with Gasteiger partial charge in [-0.15, -0.1) is 0 Å². The minimum atomic E-state index is -3.95. The Bertz CT molecular complexity index is 497. The number of esters is 1. The largest absolute Gasteiger partial charge is 0.465 e. The predicted molar refractivity (Wildman–Crippen MR) is 58.5 cm³/mol. The Balaban J connectivity index is 3.47. The van der Waals surface area contributed by atoms with Crippen LogP contribution in [0.15, 0.2) is 27.6 Å². The van der Waals surface area contributed by atoms with Crippen molar-refractivity contribution in [3.05, 3.63) is 28.2 Å². The summed E-state index contributed by atoms with van der Waals surface area (Å²) in [6.07, 6.45) is 0. The Hall–Kier alpha value is -0.590. The van der Waals surface area contributed by atoms with Crippen LogP contribution in [0.1, 0.15) is 10.4 Å². The van der Waals surface area contributed by atoms with Crippen LogP contribution in [0.25, 0.3) is 0 Å². The van der Waals surface area contributed by atoms with E-state index in [2.05, 4.69) is 20.7 Å². The van der Waals surface area contributed by atoms with Gasteiger partial charge in [-0.1, -0.05) is 15.9 Å². The molecule has 0 atom stereocenters. The Morgan fingerprint density at radius 2 is 2.07 bits per heavy atom. The first-order valence-corrected chi connectivity index (χ1v) is 6.79. The van der Waals surface area contributed by atoms with Gasteiger partial charge in [-0.2, -0.15) is 0 Å². The van der Waals surface area contributed by atoms with Gasteiger partial charge in [0.25, 0.3) is 9.05 Å². The van der Waals surface area contributed by atoms with Crippen LogP contribution in [0.5, 0.6) is 0 Å². The number of hydrogen-bond donors (Lipinski definition) is 0. The summed E-state index contributed by atoms with van der Waals surface area (Å²) in [5.41, 5.74) is -0.0955. The number of methoxy groups -OCH3 is 1. The van der Waals surface area contributed by atoms with Gasteiger partial charge in [0.1, 0.15) is 0 Å². The fraction of sp³-hybridized carbons (Fsp3) is 0.125. The van der Waals surface area contributed by atoms with Crippen molar-refractivity contribution in [3.8, 4) is 0 Å². The fourth-order valence-corrected chi connectivity index (χ4v) is 2.38. The molecule has 0 saturated heterocycles. The van der Waals surface area contributed by atoms with Crippen molar-refractivity contribution in [1.29, 1.82) is 0 Å². The minimum absolute atomic E-state index is 0.0955. The van der Waals surface area contributed by atoms with Crippen molar-refractivity contribution in [2.24, 2.45) is 0 Å². The maximum atomic E-state index is 11.3. The molecule has 0 aromatic heterocycles. The molecule has 0 unspecified atom stereocenters. The van der Waals surface area contributed by atoms with Crippen molar-refractivity contribution in [2.75, 3.05) is 7.11 Å². The van der Waals surface area contributed by atoms with Crippen LogP contribution in [-0.2, 0) is 13.8 Å². The van der Waals surface area contributed by atoms with Gasteiger partial charge < -0.3 is 4.74 Å². The topological polar surface area (TPSA) is 60.4 Å². The quantitative estimate of drug-likeness (QED) is 0.620. The molecular weight excluding hydrogens is 308 g/mol. The summed E-state index contributed by atoms with van der Waals surface area (Å²) in [5.74, 6) is -0.754. The van der Waals surface area contributed by atoms with Crippen molar-refractivity contribution >= 4 is 41.6 Å². The monoisotopic (exact) mass is 312 g/mol. The van der Waals surface area contributed by atoms with Crippen LogP contribution in [0, 0.1) is 0 Å². The third-order valence-electron chi connectivity index (χ3n) is 1.61. The first-order chi connectivity index (χ1) is 6.86. The maximum Gasteiger partial charge on any atom is 0.339 e. The highest BCUT2D eigenvalue weighted by Gasteiger charge is 2.21. The molecule has 1 aromatic rings. The molecule has 1 rings (SSSR count). The van der Waals surface area contributed by atoms with E-state index in [9.17, 15) is 13.2 Å². The van der Waals surface area contributed by atoms with Crippen LogP contribution in [0.4, 0.5) is 0 Å². The highest BCUT2D eigenvalue weighted by atomic mass is 79.9. The molecule has 7 heteroatoms. The molecule has 82 valence electrons. The van der Waals surface area contributed by atoms with E-state index >= 15 is 0 Å². The average molecular weight is 314 g/mol. The molecule has 0 heterocycles. The van der Waals surface area contributed by atoms with Crippen LogP contribution < -0.4 is 0 Å². The van der Waals surface area contributed by atoms with Crippen molar-refractivity contribution in [3.63, 3.8) is 0 Å². The van der Waals surface area contributed by atoms with E-state index in [0.29, 0.717) is 4.47 Å². The van der Waals surface area contributed by atoms with Gasteiger partial charge in [0.05, 0.1) is 17.6 Å². The average Bonchev–Trinajstić information content (AvgIpc) is 2.14. The lowest BCUT2D eigenvalue weighted by Gasteiger charge is -2.04. The van der Waals surface area contributed by atoms with E-state index in [1.165, 1.54) is 18.2 Å². The molecule has 0 bridgehead atoms. The molecule has 0 radical (unpaired) electrons. The fourth-order valence-electron chi connectivity index (χ4n) is 0.984. The molecule has 1 aromatic carbocycles. The number of rotatable bonds is 2. The first kappa shape index (κ1) is 12.5. The number of carbonyl (C=O) groups is 1. The lowest BCUT2D eigenvalue weighted by atomic mass is 10.2. The summed E-state index contributed by atoms with van der Waals surface area (Å²) < 4.78 is 27.3. The van der Waals surface area contributed by atoms with E-state index in [4.69, 9.17) is 10.7 Å². The third-order valence-corrected chi connectivity index (χ3v) is 3.48. The number of benzene rings is 1. The second kappa shape index (κ2) is 4.51. The zero-order valence-corrected chi connectivity index (χ0v) is 10.7. The SMILES string of the molecule is COC(=O)c1cc(Br)ccc1S(=O)(=O)Cl. The summed E-state index contributed by atoms with van der Waals surface area (Å²) in [6.45, 7) is 0. The first-order valence-electron chi connectivity index (χ1n) is 3.69. The Morgan fingerprint density at radius 1 is 1.47 bits per heavy atom. The molecule has 0 spiro atoms. The van der Waals surface area contributed by atoms with Gasteiger partial charge in [0.15, 0.2) is 0 Å². The highest BCUT2D eigenvalue weighted by Crippen LogP contribution is 2.24. The summed E-state index contributed by atoms with van der Waals surface area (Å²) in [4.78, 5) is 11.0. The highest BCUT2D eigenvalue weighted by molar-refractivity contribution is 9.10. The number of halogens is 2. The predicted octanol–water partition coefficient (Wildman–Crippen LogP) is 2.16. The standard InChI is InChI=1S/C8H6BrClO4S/c1-14-8(11)6-4-5(9)2-3-7(6)15(10,12)13/h2-4H,1H3. The summed E-state index contributed by atoms with van der Waals surface area (Å²) >= 11 is 3.11. The number of hydrogen-bond acceptors (Lipinski definition) is 4. The molecule has 0 aliphatic heterocycles. The minimum Gasteiger partial charge on any atom is -0.465 e. The second-order valence-electron chi connectivity index (χ2n) is 2.57. The summed E-state index contributed by atoms with van der Waals surface area (Å²) in [5, 5.41) is 0. The summed E-state index contributed by atoms with van der Waals surface area (Å²) in [6, 6.07) is 4.04. The molecule has 0 saturated carbocycles. The third kappa shape index (κ3) is 2.93. The normalized spacial score (nSPS) is 11.1. The smallest absolute Gasteiger partial charge is 0.339 e. The second-order valence-corrected chi connectivity index (χ2v) is 6.02. The lowest BCUT2D eigenvalue weighted by molar-refractivity contribution is 0.0596. The zero-order valence-electron chi connectivity index (χ0n) is 7.53. The van der Waals surface area contributed by atoms with E-state index in [1.54, 1.807) is 0 Å². The van der Waals surface area contributed by atoms with Gasteiger partial charge in [0.2, 0.25) is 0 Å². The van der Waals surface area contributed by atoms with Crippen LogP contribution in [0.2, 0.25) is 0 Å². The number of carbonyl (C=O) groups excluding carboxylic acids is 1. The van der Waals surface area contributed by atoms with Crippen molar-refractivity contribution in [1.82, 2.24) is 0 Å². The van der Waals surface area contributed by atoms with Gasteiger partial charge in [-0.25, -0.2) is 13.2 Å². The Labute approximate surface area is 99.7 Å². The van der Waals surface area contributed by atoms with Crippen molar-refractivity contribution in [2.45, 2.75) is 4.90 Å². The molecule has 4 nitrogen and oxygen atoms in total. The van der Waals surface area contributed by atoms with E-state index in [0.717, 1.165) is 7.11 Å². The molecule has 0 fully saturated rings. The van der Waals surface area contributed by atoms with Crippen LogP contribution >= 0.6 is 26.6 Å². The molecule has 0 amide bonds. The van der Waals surface area contributed by atoms with E-state index in [1.807, 2.05) is 0 Å². The van der Waals surface area contributed by atoms with Gasteiger partial charge in [-0.05, 0) is 18.2 Å². The van der Waals surface area contributed by atoms with Crippen molar-refractivity contribution < 1.29 is 17.9 Å². The maximum absolute atomic E-state index is 11.3. The van der Waals surface area contributed by atoms with Crippen LogP contribution in [0.3, 0.4) is 0 Å². The molecule has 15 heavy (non-hydrogen) atoms. The van der Waals surface area contributed by atoms with Gasteiger partial charge in [-0.3, -0.25) is 0 Å². The van der Waals surface area contributed by atoms with Gasteiger partial charge >= 0.3 is 5.97 Å². The molecule has 0 aliphatic carbocycles. The van der Waals surface area contributed by atoms with Gasteiger partial charge in [0, 0.05) is 15.2 Å². The zero-order chi connectivity index (χ0) is 11.6. The van der Waals surface area contributed by atoms with E-state index < -0.39 is 15.0 Å². The molecular formula is C8H6BrClO4S. The number of ether oxygens (including phenoxy) is 1. The lowest BCUT2D eigenvalue weighted by Crippen LogP contribution is -2.07. The van der Waals surface area contributed by atoms with E-state index in [-0.39, 0.29) is 10.5 Å². The Kier molecular flexibility index (Phi) is 3.75.